The molecule has 120 valence electrons. The van der Waals surface area contributed by atoms with Gasteiger partial charge in [-0.3, -0.25) is 0 Å². The first-order valence-corrected chi connectivity index (χ1v) is 8.60. The summed E-state index contributed by atoms with van der Waals surface area (Å²) < 4.78 is 37.7. The number of nitrogens with one attached hydrogen (secondary N) is 1. The Bertz CT molecular complexity index is 744. The Morgan fingerprint density at radius 1 is 1.32 bits per heavy atom. The van der Waals surface area contributed by atoms with Crippen LogP contribution in [0.2, 0.25) is 10.0 Å². The molecule has 0 amide bonds. The van der Waals surface area contributed by atoms with E-state index in [-0.39, 0.29) is 16.5 Å². The summed E-state index contributed by atoms with van der Waals surface area (Å²) in [5, 5.41) is 0.476. The van der Waals surface area contributed by atoms with Gasteiger partial charge in [0.2, 0.25) is 10.0 Å². The molecule has 0 aliphatic heterocycles. The first kappa shape index (κ1) is 17.3. The van der Waals surface area contributed by atoms with Crippen LogP contribution in [-0.4, -0.2) is 22.1 Å². The van der Waals surface area contributed by atoms with Crippen LogP contribution < -0.4 is 4.72 Å². The summed E-state index contributed by atoms with van der Waals surface area (Å²) in [6.45, 7) is 1.73. The third kappa shape index (κ3) is 3.83. The van der Waals surface area contributed by atoms with Crippen molar-refractivity contribution in [2.45, 2.75) is 17.9 Å². The Morgan fingerprint density at radius 2 is 2.05 bits per heavy atom. The monoisotopic (exact) mass is 363 g/mol. The molecule has 1 atom stereocenters. The summed E-state index contributed by atoms with van der Waals surface area (Å²) >= 11 is 11.9. The second-order valence-electron chi connectivity index (χ2n) is 4.62. The van der Waals surface area contributed by atoms with Crippen LogP contribution in [-0.2, 0) is 14.8 Å². The number of hydrogen-bond acceptors (Lipinski definition) is 4. The molecule has 0 saturated heterocycles. The van der Waals surface area contributed by atoms with E-state index in [9.17, 15) is 8.42 Å². The predicted octanol–water partition coefficient (Wildman–Crippen LogP) is 3.56. The van der Waals surface area contributed by atoms with Crippen LogP contribution in [0.5, 0.6) is 0 Å². The van der Waals surface area contributed by atoms with Crippen molar-refractivity contribution in [3.8, 4) is 0 Å². The highest BCUT2D eigenvalue weighted by atomic mass is 35.5. The normalized spacial score (nSPS) is 13.3. The number of sulfonamides is 1. The van der Waals surface area contributed by atoms with Crippen LogP contribution in [0.3, 0.4) is 0 Å². The molecule has 1 aromatic heterocycles. The van der Waals surface area contributed by atoms with Crippen LogP contribution in [0.1, 0.15) is 17.4 Å². The van der Waals surface area contributed by atoms with E-state index in [1.54, 1.807) is 19.1 Å². The topological polar surface area (TPSA) is 68.5 Å². The van der Waals surface area contributed by atoms with Gasteiger partial charge in [0.25, 0.3) is 0 Å². The van der Waals surface area contributed by atoms with Crippen LogP contribution >= 0.6 is 23.2 Å². The first-order valence-electron chi connectivity index (χ1n) is 6.36. The van der Waals surface area contributed by atoms with E-state index in [1.165, 1.54) is 25.5 Å². The zero-order valence-corrected chi connectivity index (χ0v) is 14.3. The minimum atomic E-state index is -3.79. The van der Waals surface area contributed by atoms with Crippen molar-refractivity contribution in [2.24, 2.45) is 0 Å². The molecular formula is C14H15Cl2NO4S. The standard InChI is InChI=1S/C14H15Cl2NO4S/c1-9-6-14(11(16)7-10(9)15)22(18,19)17-8-13(20-2)12-4-3-5-21-12/h3-7,13,17H,8H2,1-2H3. The van der Waals surface area contributed by atoms with Crippen LogP contribution in [0, 0.1) is 6.92 Å². The Hall–Kier alpha value is -1.05. The van der Waals surface area contributed by atoms with Crippen molar-refractivity contribution in [3.63, 3.8) is 0 Å². The van der Waals surface area contributed by atoms with E-state index in [1.807, 2.05) is 0 Å². The second kappa shape index (κ2) is 7.02. The summed E-state index contributed by atoms with van der Waals surface area (Å²) in [7, 11) is -2.32. The maximum atomic E-state index is 12.4. The van der Waals surface area contributed by atoms with Crippen LogP contribution in [0.15, 0.2) is 39.8 Å². The lowest BCUT2D eigenvalue weighted by atomic mass is 10.2. The molecule has 1 heterocycles. The molecule has 0 radical (unpaired) electrons. The molecule has 2 aromatic rings. The molecule has 1 unspecified atom stereocenters. The molecule has 1 aromatic carbocycles. The smallest absolute Gasteiger partial charge is 0.242 e. The summed E-state index contributed by atoms with van der Waals surface area (Å²) in [6, 6.07) is 6.26. The average Bonchev–Trinajstić information content (AvgIpc) is 2.97. The molecule has 22 heavy (non-hydrogen) atoms. The predicted molar refractivity (Wildman–Crippen MR) is 84.8 cm³/mol. The van der Waals surface area contributed by atoms with Gasteiger partial charge in [-0.15, -0.1) is 0 Å². The SMILES string of the molecule is COC(CNS(=O)(=O)c1cc(C)c(Cl)cc1Cl)c1ccco1. The molecule has 5 nitrogen and oxygen atoms in total. The maximum absolute atomic E-state index is 12.4. The first-order chi connectivity index (χ1) is 10.3. The fourth-order valence-corrected chi connectivity index (χ4v) is 3.74. The summed E-state index contributed by atoms with van der Waals surface area (Å²) in [5.74, 6) is 0.531. The van der Waals surface area contributed by atoms with Gasteiger partial charge in [-0.2, -0.15) is 0 Å². The number of halogens is 2. The highest BCUT2D eigenvalue weighted by molar-refractivity contribution is 7.89. The van der Waals surface area contributed by atoms with Crippen molar-refractivity contribution >= 4 is 33.2 Å². The average molecular weight is 364 g/mol. The van der Waals surface area contributed by atoms with Crippen LogP contribution in [0.25, 0.3) is 0 Å². The van der Waals surface area contributed by atoms with E-state index in [2.05, 4.69) is 4.72 Å². The van der Waals surface area contributed by atoms with E-state index < -0.39 is 16.1 Å². The Morgan fingerprint density at radius 3 is 2.64 bits per heavy atom. The van der Waals surface area contributed by atoms with E-state index in [0.29, 0.717) is 16.3 Å². The molecule has 0 bridgehead atoms. The number of ether oxygens (including phenoxy) is 1. The largest absolute Gasteiger partial charge is 0.467 e. The van der Waals surface area contributed by atoms with Crippen molar-refractivity contribution in [1.82, 2.24) is 4.72 Å². The third-order valence-electron chi connectivity index (χ3n) is 3.11. The lowest BCUT2D eigenvalue weighted by Gasteiger charge is -2.15. The molecule has 0 spiro atoms. The zero-order chi connectivity index (χ0) is 16.3. The van der Waals surface area contributed by atoms with Gasteiger partial charge in [-0.1, -0.05) is 23.2 Å². The quantitative estimate of drug-likeness (QED) is 0.851. The van der Waals surface area contributed by atoms with Crippen molar-refractivity contribution in [3.05, 3.63) is 51.9 Å². The number of hydrogen-bond donors (Lipinski definition) is 1. The lowest BCUT2D eigenvalue weighted by Crippen LogP contribution is -2.29. The second-order valence-corrected chi connectivity index (χ2v) is 7.17. The molecule has 2 rings (SSSR count). The van der Waals surface area contributed by atoms with Crippen molar-refractivity contribution in [1.29, 1.82) is 0 Å². The van der Waals surface area contributed by atoms with E-state index in [0.717, 1.165) is 0 Å². The molecule has 0 fully saturated rings. The number of aryl methyl sites for hydroxylation is 1. The Labute approximate surface area is 139 Å². The van der Waals surface area contributed by atoms with Gasteiger partial charge in [-0.25, -0.2) is 13.1 Å². The van der Waals surface area contributed by atoms with Crippen molar-refractivity contribution < 1.29 is 17.6 Å². The molecule has 1 N–H and O–H groups in total. The number of benzene rings is 1. The Balaban J connectivity index is 2.19. The van der Waals surface area contributed by atoms with Gasteiger partial charge >= 0.3 is 0 Å². The highest BCUT2D eigenvalue weighted by Crippen LogP contribution is 2.28. The van der Waals surface area contributed by atoms with Crippen molar-refractivity contribution in [2.75, 3.05) is 13.7 Å². The molecule has 8 heteroatoms. The molecular weight excluding hydrogens is 349 g/mol. The molecule has 0 aliphatic rings. The Kier molecular flexibility index (Phi) is 5.52. The third-order valence-corrected chi connectivity index (χ3v) is 5.40. The zero-order valence-electron chi connectivity index (χ0n) is 12.0. The van der Waals surface area contributed by atoms with Gasteiger partial charge in [0.1, 0.15) is 16.8 Å². The fraction of sp³-hybridized carbons (Fsp3) is 0.286. The van der Waals surface area contributed by atoms with E-state index in [4.69, 9.17) is 32.4 Å². The summed E-state index contributed by atoms with van der Waals surface area (Å²) in [5.41, 5.74) is 0.626. The summed E-state index contributed by atoms with van der Waals surface area (Å²) in [6.07, 6.45) is 0.965. The van der Waals surface area contributed by atoms with E-state index >= 15 is 0 Å². The highest BCUT2D eigenvalue weighted by Gasteiger charge is 2.22. The minimum Gasteiger partial charge on any atom is -0.467 e. The molecule has 0 saturated carbocycles. The maximum Gasteiger partial charge on any atom is 0.242 e. The van der Waals surface area contributed by atoms with Gasteiger partial charge in [0.05, 0.1) is 11.3 Å². The number of furan rings is 1. The lowest BCUT2D eigenvalue weighted by molar-refractivity contribution is 0.0878. The van der Waals surface area contributed by atoms with Gasteiger partial charge < -0.3 is 9.15 Å². The number of rotatable bonds is 6. The summed E-state index contributed by atoms with van der Waals surface area (Å²) in [4.78, 5) is -0.0228. The van der Waals surface area contributed by atoms with Gasteiger partial charge in [-0.05, 0) is 36.8 Å². The fourth-order valence-electron chi connectivity index (χ4n) is 1.87. The minimum absolute atomic E-state index is 0.0182. The number of methoxy groups -OCH3 is 1. The molecule has 0 aliphatic carbocycles. The van der Waals surface area contributed by atoms with Gasteiger partial charge in [0, 0.05) is 18.7 Å². The van der Waals surface area contributed by atoms with Gasteiger partial charge in [0.15, 0.2) is 0 Å². The van der Waals surface area contributed by atoms with Crippen LogP contribution in [0.4, 0.5) is 0 Å².